The molecule has 2 N–H and O–H groups in total. The lowest BCUT2D eigenvalue weighted by Crippen LogP contribution is -2.42. The Morgan fingerprint density at radius 2 is 2.00 bits per heavy atom. The number of anilines is 1. The maximum atomic E-state index is 11.0. The van der Waals surface area contributed by atoms with Crippen LogP contribution in [0.5, 0.6) is 0 Å². The van der Waals surface area contributed by atoms with Gasteiger partial charge in [-0.15, -0.1) is 0 Å². The summed E-state index contributed by atoms with van der Waals surface area (Å²) in [5.74, 6) is 0.103. The molecule has 0 saturated heterocycles. The van der Waals surface area contributed by atoms with Crippen molar-refractivity contribution in [3.63, 3.8) is 0 Å². The summed E-state index contributed by atoms with van der Waals surface area (Å²) in [7, 11) is 0. The predicted molar refractivity (Wildman–Crippen MR) is 81.6 cm³/mol. The fourth-order valence-electron chi connectivity index (χ4n) is 2.52. The summed E-state index contributed by atoms with van der Waals surface area (Å²) < 4.78 is 0. The molecule has 0 bridgehead atoms. The minimum atomic E-state index is -0.854. The van der Waals surface area contributed by atoms with Gasteiger partial charge in [-0.05, 0) is 37.2 Å². The van der Waals surface area contributed by atoms with Crippen LogP contribution < -0.4 is 5.32 Å². The molecule has 1 fully saturated rings. The van der Waals surface area contributed by atoms with E-state index in [2.05, 4.69) is 24.1 Å². The Morgan fingerprint density at radius 3 is 2.57 bits per heavy atom. The summed E-state index contributed by atoms with van der Waals surface area (Å²) in [6, 6.07) is 2.69. The SMILES string of the molecule is CC1(C)CCC(O)(CNc2nc(Cl)ccc2[N+](=O)[O-])CC1. The molecule has 7 heteroatoms. The zero-order valence-electron chi connectivity index (χ0n) is 12.2. The van der Waals surface area contributed by atoms with Crippen molar-refractivity contribution in [2.75, 3.05) is 11.9 Å². The van der Waals surface area contributed by atoms with E-state index in [-0.39, 0.29) is 28.6 Å². The summed E-state index contributed by atoms with van der Waals surface area (Å²) in [6.45, 7) is 4.60. The monoisotopic (exact) mass is 313 g/mol. The Balaban J connectivity index is 2.06. The molecule has 21 heavy (non-hydrogen) atoms. The Hall–Kier alpha value is -1.40. The van der Waals surface area contributed by atoms with Gasteiger partial charge in [0.1, 0.15) is 5.15 Å². The number of nitrogens with one attached hydrogen (secondary N) is 1. The highest BCUT2D eigenvalue weighted by atomic mass is 35.5. The van der Waals surface area contributed by atoms with Crippen molar-refractivity contribution in [2.45, 2.75) is 45.1 Å². The second-order valence-corrected chi connectivity index (χ2v) is 6.89. The van der Waals surface area contributed by atoms with E-state index in [9.17, 15) is 15.2 Å². The third-order valence-corrected chi connectivity index (χ3v) is 4.37. The number of halogens is 1. The highest BCUT2D eigenvalue weighted by Gasteiger charge is 2.36. The minimum Gasteiger partial charge on any atom is -0.388 e. The first-order valence-electron chi connectivity index (χ1n) is 6.98. The lowest BCUT2D eigenvalue weighted by molar-refractivity contribution is -0.384. The molecule has 1 aliphatic carbocycles. The van der Waals surface area contributed by atoms with E-state index in [0.29, 0.717) is 12.8 Å². The smallest absolute Gasteiger partial charge is 0.311 e. The summed E-state index contributed by atoms with van der Waals surface area (Å²) in [6.07, 6.45) is 3.19. The van der Waals surface area contributed by atoms with E-state index in [0.717, 1.165) is 12.8 Å². The zero-order chi connectivity index (χ0) is 15.7. The highest BCUT2D eigenvalue weighted by Crippen LogP contribution is 2.40. The summed E-state index contributed by atoms with van der Waals surface area (Å²) in [5, 5.41) is 24.6. The second-order valence-electron chi connectivity index (χ2n) is 6.50. The van der Waals surface area contributed by atoms with Gasteiger partial charge < -0.3 is 10.4 Å². The van der Waals surface area contributed by atoms with Crippen LogP contribution in [0.4, 0.5) is 11.5 Å². The average molecular weight is 314 g/mol. The van der Waals surface area contributed by atoms with Gasteiger partial charge in [-0.2, -0.15) is 0 Å². The standard InChI is InChI=1S/C14H20ClN3O3/c1-13(2)5-7-14(19,8-6-13)9-16-12-10(18(20)21)3-4-11(15)17-12/h3-4,19H,5-9H2,1-2H3,(H,16,17). The van der Waals surface area contributed by atoms with Crippen LogP contribution in [0.2, 0.25) is 5.15 Å². The van der Waals surface area contributed by atoms with Gasteiger partial charge >= 0.3 is 5.69 Å². The quantitative estimate of drug-likeness (QED) is 0.505. The van der Waals surface area contributed by atoms with Gasteiger partial charge in [0.25, 0.3) is 0 Å². The third-order valence-electron chi connectivity index (χ3n) is 4.16. The van der Waals surface area contributed by atoms with Crippen LogP contribution in [-0.4, -0.2) is 27.2 Å². The van der Waals surface area contributed by atoms with Crippen molar-refractivity contribution in [3.05, 3.63) is 27.4 Å². The molecule has 1 aliphatic rings. The lowest BCUT2D eigenvalue weighted by Gasteiger charge is -2.40. The van der Waals surface area contributed by atoms with E-state index in [1.54, 1.807) is 0 Å². The van der Waals surface area contributed by atoms with E-state index in [4.69, 9.17) is 11.6 Å². The van der Waals surface area contributed by atoms with Crippen LogP contribution in [0.25, 0.3) is 0 Å². The van der Waals surface area contributed by atoms with E-state index in [1.165, 1.54) is 12.1 Å². The molecule has 1 saturated carbocycles. The van der Waals surface area contributed by atoms with Gasteiger partial charge in [-0.25, -0.2) is 4.98 Å². The summed E-state index contributed by atoms with van der Waals surface area (Å²) >= 11 is 5.78. The van der Waals surface area contributed by atoms with Crippen molar-refractivity contribution in [3.8, 4) is 0 Å². The summed E-state index contributed by atoms with van der Waals surface area (Å²) in [5.41, 5.74) is -0.751. The molecule has 0 spiro atoms. The number of nitrogens with zero attached hydrogens (tertiary/aromatic N) is 2. The number of nitro groups is 1. The van der Waals surface area contributed by atoms with Crippen LogP contribution in [0, 0.1) is 15.5 Å². The normalized spacial score (nSPS) is 20.0. The van der Waals surface area contributed by atoms with Crippen molar-refractivity contribution < 1.29 is 10.0 Å². The number of hydrogen-bond acceptors (Lipinski definition) is 5. The zero-order valence-corrected chi connectivity index (χ0v) is 13.0. The van der Waals surface area contributed by atoms with Gasteiger partial charge in [0.2, 0.25) is 5.82 Å². The molecule has 1 aromatic rings. The topological polar surface area (TPSA) is 88.3 Å². The molecule has 1 heterocycles. The maximum Gasteiger partial charge on any atom is 0.311 e. The molecular formula is C14H20ClN3O3. The van der Waals surface area contributed by atoms with Crippen molar-refractivity contribution in [1.29, 1.82) is 0 Å². The molecule has 6 nitrogen and oxygen atoms in total. The summed E-state index contributed by atoms with van der Waals surface area (Å²) in [4.78, 5) is 14.4. The highest BCUT2D eigenvalue weighted by molar-refractivity contribution is 6.29. The fraction of sp³-hybridized carbons (Fsp3) is 0.643. The van der Waals surface area contributed by atoms with E-state index in [1.807, 2.05) is 0 Å². The van der Waals surface area contributed by atoms with Crippen molar-refractivity contribution in [1.82, 2.24) is 4.98 Å². The molecule has 0 amide bonds. The van der Waals surface area contributed by atoms with Gasteiger partial charge in [-0.1, -0.05) is 25.4 Å². The molecule has 0 atom stereocenters. The van der Waals surface area contributed by atoms with Crippen molar-refractivity contribution >= 4 is 23.1 Å². The van der Waals surface area contributed by atoms with E-state index < -0.39 is 10.5 Å². The molecule has 0 radical (unpaired) electrons. The predicted octanol–water partition coefficient (Wildman–Crippen LogP) is 3.39. The number of rotatable bonds is 4. The third kappa shape index (κ3) is 4.04. The van der Waals surface area contributed by atoms with Gasteiger partial charge in [0, 0.05) is 12.6 Å². The van der Waals surface area contributed by atoms with Crippen molar-refractivity contribution in [2.24, 2.45) is 5.41 Å². The minimum absolute atomic E-state index is 0.103. The molecule has 0 aliphatic heterocycles. The lowest BCUT2D eigenvalue weighted by atomic mass is 9.71. The number of aromatic nitrogens is 1. The van der Waals surface area contributed by atoms with Crippen LogP contribution >= 0.6 is 11.6 Å². The Bertz CT molecular complexity index is 538. The molecule has 0 aromatic carbocycles. The number of hydrogen-bond donors (Lipinski definition) is 2. The Morgan fingerprint density at radius 1 is 1.38 bits per heavy atom. The number of aliphatic hydroxyl groups is 1. The molecule has 116 valence electrons. The first kappa shape index (κ1) is 16.0. The largest absolute Gasteiger partial charge is 0.388 e. The van der Waals surface area contributed by atoms with E-state index >= 15 is 0 Å². The molecule has 2 rings (SSSR count). The van der Waals surface area contributed by atoms with Crippen LogP contribution in [0.1, 0.15) is 39.5 Å². The fourth-order valence-corrected chi connectivity index (χ4v) is 2.67. The first-order valence-corrected chi connectivity index (χ1v) is 7.36. The molecule has 1 aromatic heterocycles. The molecular weight excluding hydrogens is 294 g/mol. The first-order chi connectivity index (χ1) is 9.71. The second kappa shape index (κ2) is 5.77. The van der Waals surface area contributed by atoms with Gasteiger partial charge in [0.05, 0.1) is 10.5 Å². The van der Waals surface area contributed by atoms with Crippen LogP contribution in [0.15, 0.2) is 12.1 Å². The van der Waals surface area contributed by atoms with Crippen LogP contribution in [0.3, 0.4) is 0 Å². The Labute approximate surface area is 128 Å². The number of pyridine rings is 1. The van der Waals surface area contributed by atoms with Gasteiger partial charge in [0.15, 0.2) is 0 Å². The average Bonchev–Trinajstić information content (AvgIpc) is 2.40. The van der Waals surface area contributed by atoms with Gasteiger partial charge in [-0.3, -0.25) is 10.1 Å². The Kier molecular flexibility index (Phi) is 4.39. The maximum absolute atomic E-state index is 11.0. The van der Waals surface area contributed by atoms with Crippen LogP contribution in [-0.2, 0) is 0 Å². The molecule has 0 unspecified atom stereocenters.